The van der Waals surface area contributed by atoms with E-state index in [1.165, 1.54) is 48.3 Å². The maximum Gasteiger partial charge on any atom is 0.404 e. The molecule has 1 amide bonds. The zero-order valence-electron chi connectivity index (χ0n) is 15.2. The molecular weight excluding hydrogens is 474 g/mol. The van der Waals surface area contributed by atoms with E-state index in [1.54, 1.807) is 0 Å². The molecule has 158 valence electrons. The molecule has 3 aromatic rings. The SMILES string of the molecule is COc1cc(NC(=O)c2ccc(Cn3cc(Br)c([N+](=O)[O-])n3)o2)ccc1OC(F)F. The summed E-state index contributed by atoms with van der Waals surface area (Å²) in [5.41, 5.74) is 0.267. The molecular formula is C17H13BrF2N4O6. The average molecular weight is 487 g/mol. The van der Waals surface area contributed by atoms with E-state index in [-0.39, 0.29) is 39.8 Å². The molecule has 0 radical (unpaired) electrons. The fourth-order valence-corrected chi connectivity index (χ4v) is 2.93. The fraction of sp³-hybridized carbons (Fsp3) is 0.176. The van der Waals surface area contributed by atoms with E-state index >= 15 is 0 Å². The van der Waals surface area contributed by atoms with Gasteiger partial charge in [0.05, 0.1) is 18.4 Å². The first-order chi connectivity index (χ1) is 14.3. The highest BCUT2D eigenvalue weighted by molar-refractivity contribution is 9.10. The van der Waals surface area contributed by atoms with Crippen LogP contribution in [0.5, 0.6) is 11.5 Å². The fourth-order valence-electron chi connectivity index (χ4n) is 2.47. The topological polar surface area (TPSA) is 122 Å². The number of nitro groups is 1. The third-order valence-corrected chi connectivity index (χ3v) is 4.27. The zero-order valence-corrected chi connectivity index (χ0v) is 16.8. The minimum atomic E-state index is -3.02. The van der Waals surface area contributed by atoms with Gasteiger partial charge >= 0.3 is 12.4 Å². The molecule has 0 spiro atoms. The number of amides is 1. The molecule has 0 atom stereocenters. The lowest BCUT2D eigenvalue weighted by Crippen LogP contribution is -2.11. The molecule has 2 heterocycles. The van der Waals surface area contributed by atoms with Crippen LogP contribution in [-0.2, 0) is 6.54 Å². The standard InChI is InChI=1S/C17H13BrF2N4O6/c1-28-14-6-9(2-4-12(14)30-17(19)20)21-16(25)13-5-3-10(29-13)7-23-8-11(18)15(22-23)24(26)27/h2-6,8,17H,7H2,1H3,(H,21,25). The van der Waals surface area contributed by atoms with Crippen molar-refractivity contribution < 1.29 is 32.4 Å². The van der Waals surface area contributed by atoms with Gasteiger partial charge in [0, 0.05) is 11.8 Å². The van der Waals surface area contributed by atoms with Gasteiger partial charge in [0.1, 0.15) is 16.8 Å². The lowest BCUT2D eigenvalue weighted by atomic mass is 10.2. The number of ether oxygens (including phenoxy) is 2. The summed E-state index contributed by atoms with van der Waals surface area (Å²) in [6.07, 6.45) is 1.41. The van der Waals surface area contributed by atoms with Crippen LogP contribution in [0.1, 0.15) is 16.3 Å². The smallest absolute Gasteiger partial charge is 0.404 e. The molecule has 0 aliphatic carbocycles. The quantitative estimate of drug-likeness (QED) is 0.376. The molecule has 10 nitrogen and oxygen atoms in total. The maximum absolute atomic E-state index is 12.4. The van der Waals surface area contributed by atoms with E-state index in [9.17, 15) is 23.7 Å². The van der Waals surface area contributed by atoms with E-state index in [0.717, 1.165) is 0 Å². The number of anilines is 1. The molecule has 0 unspecified atom stereocenters. The van der Waals surface area contributed by atoms with Crippen LogP contribution in [0.2, 0.25) is 0 Å². The summed E-state index contributed by atoms with van der Waals surface area (Å²) in [7, 11) is 1.27. The van der Waals surface area contributed by atoms with E-state index in [4.69, 9.17) is 9.15 Å². The number of rotatable bonds is 8. The van der Waals surface area contributed by atoms with Gasteiger partial charge < -0.3 is 29.3 Å². The van der Waals surface area contributed by atoms with Crippen LogP contribution in [0.15, 0.2) is 45.4 Å². The number of nitrogens with one attached hydrogen (secondary N) is 1. The molecule has 0 fully saturated rings. The number of hydrogen-bond donors (Lipinski definition) is 1. The molecule has 0 aliphatic rings. The van der Waals surface area contributed by atoms with Crippen molar-refractivity contribution in [1.82, 2.24) is 9.78 Å². The summed E-state index contributed by atoms with van der Waals surface area (Å²) >= 11 is 3.05. The van der Waals surface area contributed by atoms with Crippen molar-refractivity contribution in [2.45, 2.75) is 13.2 Å². The van der Waals surface area contributed by atoms with E-state index in [1.807, 2.05) is 0 Å². The molecule has 0 aliphatic heterocycles. The number of aromatic nitrogens is 2. The van der Waals surface area contributed by atoms with Crippen molar-refractivity contribution >= 4 is 33.3 Å². The predicted molar refractivity (Wildman–Crippen MR) is 102 cm³/mol. The van der Waals surface area contributed by atoms with Gasteiger partial charge in [-0.25, -0.2) is 0 Å². The van der Waals surface area contributed by atoms with Crippen LogP contribution < -0.4 is 14.8 Å². The van der Waals surface area contributed by atoms with Gasteiger partial charge in [-0.2, -0.15) is 13.5 Å². The summed E-state index contributed by atoms with van der Waals surface area (Å²) in [4.78, 5) is 22.6. The van der Waals surface area contributed by atoms with Gasteiger partial charge in [-0.1, -0.05) is 0 Å². The van der Waals surface area contributed by atoms with Crippen LogP contribution in [0.25, 0.3) is 0 Å². The summed E-state index contributed by atoms with van der Waals surface area (Å²) in [6.45, 7) is -2.95. The van der Waals surface area contributed by atoms with Crippen LogP contribution in [-0.4, -0.2) is 34.3 Å². The number of benzene rings is 1. The average Bonchev–Trinajstić information content (AvgIpc) is 3.29. The number of carbonyl (C=O) groups is 1. The molecule has 0 saturated carbocycles. The maximum atomic E-state index is 12.4. The Hall–Kier alpha value is -3.48. The first kappa shape index (κ1) is 21.2. The Morgan fingerprint density at radius 2 is 2.13 bits per heavy atom. The minimum absolute atomic E-state index is 0.0130. The number of methoxy groups -OCH3 is 1. The Labute approximate surface area is 175 Å². The van der Waals surface area contributed by atoms with Crippen molar-refractivity contribution in [1.29, 1.82) is 0 Å². The number of halogens is 3. The summed E-state index contributed by atoms with van der Waals surface area (Å²) in [6, 6.07) is 6.86. The number of carbonyl (C=O) groups excluding carboxylic acids is 1. The Balaban J connectivity index is 1.69. The molecule has 0 bridgehead atoms. The predicted octanol–water partition coefficient (Wildman–Crippen LogP) is 4.06. The van der Waals surface area contributed by atoms with Crippen LogP contribution in [0, 0.1) is 10.1 Å². The largest absolute Gasteiger partial charge is 0.493 e. The highest BCUT2D eigenvalue weighted by Gasteiger charge is 2.20. The molecule has 1 aromatic carbocycles. The van der Waals surface area contributed by atoms with E-state index in [0.29, 0.717) is 5.76 Å². The highest BCUT2D eigenvalue weighted by Crippen LogP contribution is 2.31. The second-order valence-electron chi connectivity index (χ2n) is 5.72. The highest BCUT2D eigenvalue weighted by atomic mass is 79.9. The van der Waals surface area contributed by atoms with Crippen molar-refractivity contribution in [2.24, 2.45) is 0 Å². The van der Waals surface area contributed by atoms with Crippen LogP contribution in [0.3, 0.4) is 0 Å². The van der Waals surface area contributed by atoms with E-state index < -0.39 is 17.4 Å². The molecule has 2 aromatic heterocycles. The first-order valence-corrected chi connectivity index (χ1v) is 8.96. The second kappa shape index (κ2) is 8.90. The van der Waals surface area contributed by atoms with Crippen LogP contribution >= 0.6 is 15.9 Å². The third-order valence-electron chi connectivity index (χ3n) is 3.71. The van der Waals surface area contributed by atoms with Crippen LogP contribution in [0.4, 0.5) is 20.3 Å². The Morgan fingerprint density at radius 3 is 2.77 bits per heavy atom. The van der Waals surface area contributed by atoms with Gasteiger partial charge in [-0.3, -0.25) is 4.79 Å². The van der Waals surface area contributed by atoms with Gasteiger partial charge in [-0.15, -0.1) is 0 Å². The minimum Gasteiger partial charge on any atom is -0.493 e. The lowest BCUT2D eigenvalue weighted by molar-refractivity contribution is -0.390. The Bertz CT molecular complexity index is 1080. The molecule has 3 rings (SSSR count). The summed E-state index contributed by atoms with van der Waals surface area (Å²) in [5, 5.41) is 17.2. The monoisotopic (exact) mass is 486 g/mol. The number of hydrogen-bond acceptors (Lipinski definition) is 7. The van der Waals surface area contributed by atoms with Crippen molar-refractivity contribution in [3.8, 4) is 11.5 Å². The zero-order chi connectivity index (χ0) is 21.8. The van der Waals surface area contributed by atoms with Gasteiger partial charge in [0.25, 0.3) is 5.91 Å². The lowest BCUT2D eigenvalue weighted by Gasteiger charge is -2.11. The Morgan fingerprint density at radius 1 is 1.37 bits per heavy atom. The number of furan rings is 1. The second-order valence-corrected chi connectivity index (χ2v) is 6.57. The molecule has 13 heteroatoms. The molecule has 30 heavy (non-hydrogen) atoms. The van der Waals surface area contributed by atoms with Gasteiger partial charge in [0.15, 0.2) is 17.3 Å². The number of alkyl halides is 2. The third kappa shape index (κ3) is 4.92. The van der Waals surface area contributed by atoms with Crippen molar-refractivity contribution in [3.63, 3.8) is 0 Å². The van der Waals surface area contributed by atoms with E-state index in [2.05, 4.69) is 31.1 Å². The van der Waals surface area contributed by atoms with Gasteiger partial charge in [-0.05, 0) is 45.1 Å². The molecule has 1 N–H and O–H groups in total. The molecule has 0 saturated heterocycles. The Kier molecular flexibility index (Phi) is 6.30. The normalized spacial score (nSPS) is 10.8. The van der Waals surface area contributed by atoms with Gasteiger partial charge in [0.2, 0.25) is 0 Å². The van der Waals surface area contributed by atoms with Crippen molar-refractivity contribution in [2.75, 3.05) is 12.4 Å². The first-order valence-electron chi connectivity index (χ1n) is 8.17. The summed E-state index contributed by atoms with van der Waals surface area (Å²) in [5.74, 6) is -0.795. The summed E-state index contributed by atoms with van der Waals surface area (Å²) < 4.78 is 41.0. The van der Waals surface area contributed by atoms with Crippen molar-refractivity contribution in [3.05, 3.63) is 62.6 Å². The number of nitrogens with zero attached hydrogens (tertiary/aromatic N) is 3.